The van der Waals surface area contributed by atoms with Gasteiger partial charge < -0.3 is 15.0 Å². The van der Waals surface area contributed by atoms with Crippen LogP contribution < -0.4 is 5.32 Å². The molecule has 0 bridgehead atoms. The molecule has 1 aliphatic carbocycles. The number of hydrogen-bond acceptors (Lipinski definition) is 4. The van der Waals surface area contributed by atoms with E-state index in [1.54, 1.807) is 0 Å². The van der Waals surface area contributed by atoms with Gasteiger partial charge in [-0.15, -0.1) is 0 Å². The Morgan fingerprint density at radius 2 is 2.10 bits per heavy atom. The molecule has 0 aromatic rings. The second-order valence-electron chi connectivity index (χ2n) is 6.28. The molecule has 0 saturated heterocycles. The van der Waals surface area contributed by atoms with Gasteiger partial charge in [0.15, 0.2) is 0 Å². The van der Waals surface area contributed by atoms with Crippen molar-refractivity contribution < 1.29 is 9.53 Å². The Hall–Kier alpha value is -0.610. The maximum atomic E-state index is 12.3. The normalized spacial score (nSPS) is 20.3. The number of hydrogen-bond donors (Lipinski definition) is 1. The predicted molar refractivity (Wildman–Crippen MR) is 82.8 cm³/mol. The number of rotatable bonds is 9. The summed E-state index contributed by atoms with van der Waals surface area (Å²) in [6.07, 6.45) is 5.73. The zero-order valence-corrected chi connectivity index (χ0v) is 13.9. The van der Waals surface area contributed by atoms with E-state index in [1.165, 1.54) is 19.3 Å². The van der Waals surface area contributed by atoms with Crippen LogP contribution in [0.25, 0.3) is 0 Å². The summed E-state index contributed by atoms with van der Waals surface area (Å²) in [6.45, 7) is 9.45. The molecule has 0 aromatic carbocycles. The first kappa shape index (κ1) is 17.4. The fraction of sp³-hybridized carbons (Fsp3) is 0.938. The summed E-state index contributed by atoms with van der Waals surface area (Å²) in [5.41, 5.74) is -0.580. The van der Waals surface area contributed by atoms with E-state index in [-0.39, 0.29) is 5.97 Å². The molecule has 1 rings (SSSR count). The van der Waals surface area contributed by atoms with Gasteiger partial charge in [0.1, 0.15) is 5.54 Å². The molecule has 0 amide bonds. The summed E-state index contributed by atoms with van der Waals surface area (Å²) in [4.78, 5) is 14.7. The number of nitrogens with zero attached hydrogens (tertiary/aromatic N) is 1. The van der Waals surface area contributed by atoms with E-state index in [9.17, 15) is 4.79 Å². The van der Waals surface area contributed by atoms with E-state index in [1.807, 2.05) is 13.8 Å². The van der Waals surface area contributed by atoms with Gasteiger partial charge in [-0.2, -0.15) is 0 Å². The number of carbonyl (C=O) groups is 1. The van der Waals surface area contributed by atoms with E-state index in [4.69, 9.17) is 4.74 Å². The lowest BCUT2D eigenvalue weighted by molar-refractivity contribution is -0.151. The summed E-state index contributed by atoms with van der Waals surface area (Å²) >= 11 is 0. The first-order valence-electron chi connectivity index (χ1n) is 8.08. The van der Waals surface area contributed by atoms with E-state index < -0.39 is 5.54 Å². The summed E-state index contributed by atoms with van der Waals surface area (Å²) in [7, 11) is 2.18. The zero-order chi connectivity index (χ0) is 15.2. The van der Waals surface area contributed by atoms with E-state index in [0.717, 1.165) is 19.4 Å². The molecule has 1 N–H and O–H groups in total. The van der Waals surface area contributed by atoms with Gasteiger partial charge in [0.05, 0.1) is 6.61 Å². The maximum Gasteiger partial charge on any atom is 0.326 e. The lowest BCUT2D eigenvalue weighted by atomic mass is 9.87. The Morgan fingerprint density at radius 3 is 2.55 bits per heavy atom. The topological polar surface area (TPSA) is 41.6 Å². The van der Waals surface area contributed by atoms with Gasteiger partial charge in [-0.1, -0.05) is 13.3 Å². The van der Waals surface area contributed by atoms with Crippen LogP contribution in [0.3, 0.4) is 0 Å². The second-order valence-corrected chi connectivity index (χ2v) is 6.28. The van der Waals surface area contributed by atoms with Crippen LogP contribution in [0, 0.1) is 0 Å². The third-order valence-corrected chi connectivity index (χ3v) is 4.54. The van der Waals surface area contributed by atoms with Crippen molar-refractivity contribution >= 4 is 5.97 Å². The molecule has 4 heteroatoms. The van der Waals surface area contributed by atoms with Crippen LogP contribution in [0.4, 0.5) is 0 Å². The van der Waals surface area contributed by atoms with Crippen molar-refractivity contribution in [3.63, 3.8) is 0 Å². The van der Waals surface area contributed by atoms with Crippen molar-refractivity contribution in [3.05, 3.63) is 0 Å². The molecular weight excluding hydrogens is 252 g/mol. The molecule has 0 aromatic heterocycles. The lowest BCUT2D eigenvalue weighted by Gasteiger charge is -2.41. The van der Waals surface area contributed by atoms with Gasteiger partial charge >= 0.3 is 5.97 Å². The Kier molecular flexibility index (Phi) is 6.96. The molecule has 1 fully saturated rings. The van der Waals surface area contributed by atoms with Gasteiger partial charge in [-0.3, -0.25) is 4.79 Å². The highest BCUT2D eigenvalue weighted by Gasteiger charge is 2.37. The van der Waals surface area contributed by atoms with Crippen molar-refractivity contribution in [2.75, 3.05) is 20.2 Å². The maximum absolute atomic E-state index is 12.3. The van der Waals surface area contributed by atoms with Crippen molar-refractivity contribution in [1.82, 2.24) is 10.2 Å². The summed E-state index contributed by atoms with van der Waals surface area (Å²) in [6, 6.07) is 1.07. The monoisotopic (exact) mass is 284 g/mol. The minimum Gasteiger partial charge on any atom is -0.465 e. The van der Waals surface area contributed by atoms with Crippen LogP contribution in [-0.2, 0) is 9.53 Å². The molecule has 1 saturated carbocycles. The first-order valence-corrected chi connectivity index (χ1v) is 8.08. The van der Waals surface area contributed by atoms with Crippen LogP contribution in [0.2, 0.25) is 0 Å². The fourth-order valence-corrected chi connectivity index (χ4v) is 2.81. The van der Waals surface area contributed by atoms with Crippen molar-refractivity contribution in [3.8, 4) is 0 Å². The quantitative estimate of drug-likeness (QED) is 0.661. The molecule has 1 aliphatic rings. The van der Waals surface area contributed by atoms with Crippen LogP contribution >= 0.6 is 0 Å². The average Bonchev–Trinajstić information content (AvgIpc) is 2.34. The number of carbonyl (C=O) groups excluding carboxylic acids is 1. The Morgan fingerprint density at radius 1 is 1.45 bits per heavy atom. The van der Waals surface area contributed by atoms with Crippen LogP contribution in [0.1, 0.15) is 59.8 Å². The highest BCUT2D eigenvalue weighted by molar-refractivity contribution is 5.80. The van der Waals surface area contributed by atoms with Crippen molar-refractivity contribution in [2.24, 2.45) is 0 Å². The molecule has 20 heavy (non-hydrogen) atoms. The smallest absolute Gasteiger partial charge is 0.326 e. The summed E-state index contributed by atoms with van der Waals surface area (Å²) < 4.78 is 5.27. The van der Waals surface area contributed by atoms with Gasteiger partial charge in [-0.05, 0) is 60.0 Å². The molecule has 2 unspecified atom stereocenters. The predicted octanol–water partition coefficient (Wildman–Crippen LogP) is 2.57. The number of ether oxygens (including phenoxy) is 1. The fourth-order valence-electron chi connectivity index (χ4n) is 2.81. The molecule has 2 atom stereocenters. The Labute approximate surface area is 124 Å². The molecule has 0 heterocycles. The molecule has 4 nitrogen and oxygen atoms in total. The molecule has 0 aliphatic heterocycles. The SMILES string of the molecule is CCCNC(C)(CC(C)N(C)C1CCC1)C(=O)OCC. The van der Waals surface area contributed by atoms with Crippen LogP contribution in [0.5, 0.6) is 0 Å². The third kappa shape index (κ3) is 4.45. The lowest BCUT2D eigenvalue weighted by Crippen LogP contribution is -2.55. The average molecular weight is 284 g/mol. The molecule has 0 radical (unpaired) electrons. The Bertz CT molecular complexity index is 305. The largest absolute Gasteiger partial charge is 0.465 e. The minimum absolute atomic E-state index is 0.123. The third-order valence-electron chi connectivity index (χ3n) is 4.54. The minimum atomic E-state index is -0.580. The highest BCUT2D eigenvalue weighted by Crippen LogP contribution is 2.27. The highest BCUT2D eigenvalue weighted by atomic mass is 16.5. The zero-order valence-electron chi connectivity index (χ0n) is 13.9. The van der Waals surface area contributed by atoms with Gasteiger partial charge in [0, 0.05) is 12.1 Å². The van der Waals surface area contributed by atoms with Crippen LogP contribution in [-0.4, -0.2) is 48.7 Å². The van der Waals surface area contributed by atoms with Crippen LogP contribution in [0.15, 0.2) is 0 Å². The first-order chi connectivity index (χ1) is 9.44. The molecule has 118 valence electrons. The van der Waals surface area contributed by atoms with E-state index >= 15 is 0 Å². The van der Waals surface area contributed by atoms with E-state index in [0.29, 0.717) is 18.7 Å². The van der Waals surface area contributed by atoms with E-state index in [2.05, 4.69) is 31.1 Å². The van der Waals surface area contributed by atoms with Gasteiger partial charge in [0.2, 0.25) is 0 Å². The second kappa shape index (κ2) is 7.99. The number of nitrogens with one attached hydrogen (secondary N) is 1. The Balaban J connectivity index is 2.64. The molecule has 0 spiro atoms. The number of esters is 1. The standard InChI is InChI=1S/C16H32N2O2/c1-6-11-17-16(4,15(19)20-7-2)12-13(3)18(5)14-9-8-10-14/h13-14,17H,6-12H2,1-5H3. The summed E-state index contributed by atoms with van der Waals surface area (Å²) in [5, 5.41) is 3.39. The van der Waals surface area contributed by atoms with Crippen molar-refractivity contribution in [2.45, 2.75) is 77.4 Å². The van der Waals surface area contributed by atoms with Crippen molar-refractivity contribution in [1.29, 1.82) is 0 Å². The van der Waals surface area contributed by atoms with Gasteiger partial charge in [0.25, 0.3) is 0 Å². The molecular formula is C16H32N2O2. The summed E-state index contributed by atoms with van der Waals surface area (Å²) in [5.74, 6) is -0.123. The van der Waals surface area contributed by atoms with Gasteiger partial charge in [-0.25, -0.2) is 0 Å².